The van der Waals surface area contributed by atoms with E-state index in [9.17, 15) is 4.79 Å². The molecule has 4 rings (SSSR count). The molecule has 4 aromatic rings. The van der Waals surface area contributed by atoms with Crippen molar-refractivity contribution in [1.82, 2.24) is 14.8 Å². The van der Waals surface area contributed by atoms with Crippen molar-refractivity contribution >= 4 is 46.3 Å². The molecule has 0 fully saturated rings. The molecule has 0 saturated carbocycles. The van der Waals surface area contributed by atoms with Crippen molar-refractivity contribution in [2.45, 2.75) is 13.0 Å². The van der Waals surface area contributed by atoms with E-state index in [-0.39, 0.29) is 12.3 Å². The number of nitrogens with one attached hydrogen (secondary N) is 1. The Morgan fingerprint density at radius 2 is 1.90 bits per heavy atom. The Hall–Kier alpha value is -2.67. The summed E-state index contributed by atoms with van der Waals surface area (Å²) in [4.78, 5) is 17.1. The Kier molecular flexibility index (Phi) is 5.94. The van der Waals surface area contributed by atoms with E-state index in [4.69, 9.17) is 23.2 Å². The summed E-state index contributed by atoms with van der Waals surface area (Å²) in [6.45, 7) is 0.537. The molecule has 146 valence electrons. The number of benzene rings is 2. The zero-order valence-corrected chi connectivity index (χ0v) is 17.5. The van der Waals surface area contributed by atoms with Crippen LogP contribution >= 0.6 is 34.5 Å². The van der Waals surface area contributed by atoms with E-state index < -0.39 is 0 Å². The molecular formula is C21H16Cl2N4OS. The average Bonchev–Trinajstić information content (AvgIpc) is 3.33. The van der Waals surface area contributed by atoms with Crippen LogP contribution in [-0.2, 0) is 17.8 Å². The van der Waals surface area contributed by atoms with Crippen LogP contribution in [-0.4, -0.2) is 20.7 Å². The van der Waals surface area contributed by atoms with Crippen LogP contribution < -0.4 is 5.32 Å². The molecule has 0 bridgehead atoms. The fraction of sp³-hybridized carbons (Fsp3) is 0.0952. The summed E-state index contributed by atoms with van der Waals surface area (Å²) in [6, 6.07) is 16.8. The van der Waals surface area contributed by atoms with Gasteiger partial charge in [-0.25, -0.2) is 9.67 Å². The molecule has 2 aromatic carbocycles. The van der Waals surface area contributed by atoms with Crippen LogP contribution in [0.4, 0.5) is 5.82 Å². The van der Waals surface area contributed by atoms with Crippen LogP contribution in [0.2, 0.25) is 10.0 Å². The van der Waals surface area contributed by atoms with Gasteiger partial charge in [-0.05, 0) is 29.8 Å². The standard InChI is InChI=1S/C21H16Cl2N4OS/c22-16-6-4-14(5-7-16)12-27-19(8-9-24-27)26-20(28)11-18-13-29-21(25-18)15-2-1-3-17(23)10-15/h1-10,13H,11-12H2,(H,26,28). The molecule has 1 amide bonds. The Labute approximate surface area is 181 Å². The first-order valence-corrected chi connectivity index (χ1v) is 10.5. The predicted molar refractivity (Wildman–Crippen MR) is 118 cm³/mol. The Balaban J connectivity index is 1.41. The molecule has 0 aliphatic rings. The van der Waals surface area contributed by atoms with Gasteiger partial charge in [0.2, 0.25) is 5.91 Å². The van der Waals surface area contributed by atoms with Gasteiger partial charge in [0.25, 0.3) is 0 Å². The Bertz CT molecular complexity index is 1140. The molecule has 29 heavy (non-hydrogen) atoms. The van der Waals surface area contributed by atoms with Crippen LogP contribution in [0.1, 0.15) is 11.3 Å². The largest absolute Gasteiger partial charge is 0.311 e. The van der Waals surface area contributed by atoms with Crippen molar-refractivity contribution < 1.29 is 4.79 Å². The zero-order chi connectivity index (χ0) is 20.2. The molecule has 0 atom stereocenters. The second-order valence-electron chi connectivity index (χ2n) is 6.38. The van der Waals surface area contributed by atoms with Crippen molar-refractivity contribution in [3.63, 3.8) is 0 Å². The van der Waals surface area contributed by atoms with Crippen molar-refractivity contribution in [3.05, 3.63) is 87.5 Å². The van der Waals surface area contributed by atoms with E-state index >= 15 is 0 Å². The highest BCUT2D eigenvalue weighted by molar-refractivity contribution is 7.13. The van der Waals surface area contributed by atoms with Gasteiger partial charge in [0.1, 0.15) is 10.8 Å². The van der Waals surface area contributed by atoms with Crippen LogP contribution in [0.5, 0.6) is 0 Å². The molecule has 0 spiro atoms. The van der Waals surface area contributed by atoms with Gasteiger partial charge in [-0.3, -0.25) is 4.79 Å². The van der Waals surface area contributed by atoms with E-state index in [1.165, 1.54) is 11.3 Å². The number of anilines is 1. The maximum atomic E-state index is 12.5. The number of amides is 1. The number of thiazole rings is 1. The summed E-state index contributed by atoms with van der Waals surface area (Å²) in [5, 5.41) is 11.3. The summed E-state index contributed by atoms with van der Waals surface area (Å²) >= 11 is 13.5. The third-order valence-electron chi connectivity index (χ3n) is 4.19. The topological polar surface area (TPSA) is 59.8 Å². The Morgan fingerprint density at radius 3 is 2.69 bits per heavy atom. The van der Waals surface area contributed by atoms with Gasteiger partial charge in [0, 0.05) is 27.1 Å². The summed E-state index contributed by atoms with van der Waals surface area (Å²) < 4.78 is 1.74. The molecule has 8 heteroatoms. The lowest BCUT2D eigenvalue weighted by Gasteiger charge is -2.09. The van der Waals surface area contributed by atoms with Gasteiger partial charge < -0.3 is 5.32 Å². The van der Waals surface area contributed by atoms with E-state index in [0.29, 0.717) is 28.1 Å². The SMILES string of the molecule is O=C(Cc1csc(-c2cccc(Cl)c2)n1)Nc1ccnn1Cc1ccc(Cl)cc1. The monoisotopic (exact) mass is 442 g/mol. The number of carbonyl (C=O) groups is 1. The lowest BCUT2D eigenvalue weighted by Crippen LogP contribution is -2.18. The molecule has 2 aromatic heterocycles. The second kappa shape index (κ2) is 8.78. The van der Waals surface area contributed by atoms with Gasteiger partial charge in [-0.15, -0.1) is 11.3 Å². The molecular weight excluding hydrogens is 427 g/mol. The third kappa shape index (κ3) is 5.03. The van der Waals surface area contributed by atoms with Gasteiger partial charge >= 0.3 is 0 Å². The van der Waals surface area contributed by atoms with E-state index in [2.05, 4.69) is 15.4 Å². The van der Waals surface area contributed by atoms with Crippen LogP contribution in [0.15, 0.2) is 66.2 Å². The van der Waals surface area contributed by atoms with Gasteiger partial charge in [0.05, 0.1) is 24.9 Å². The fourth-order valence-electron chi connectivity index (χ4n) is 2.82. The molecule has 0 aliphatic carbocycles. The fourth-order valence-corrected chi connectivity index (χ4v) is 3.95. The number of rotatable bonds is 6. The highest BCUT2D eigenvalue weighted by atomic mass is 35.5. The summed E-state index contributed by atoms with van der Waals surface area (Å²) in [6.07, 6.45) is 1.84. The summed E-state index contributed by atoms with van der Waals surface area (Å²) in [5.74, 6) is 0.487. The lowest BCUT2D eigenvalue weighted by molar-refractivity contribution is -0.115. The minimum Gasteiger partial charge on any atom is -0.311 e. The number of hydrogen-bond donors (Lipinski definition) is 1. The predicted octanol–water partition coefficient (Wildman–Crippen LogP) is 5.54. The van der Waals surface area contributed by atoms with Crippen LogP contribution in [0.3, 0.4) is 0 Å². The maximum Gasteiger partial charge on any atom is 0.231 e. The first-order chi connectivity index (χ1) is 14.1. The third-order valence-corrected chi connectivity index (χ3v) is 5.62. The second-order valence-corrected chi connectivity index (χ2v) is 8.11. The molecule has 5 nitrogen and oxygen atoms in total. The number of halogens is 2. The lowest BCUT2D eigenvalue weighted by atomic mass is 10.2. The first-order valence-electron chi connectivity index (χ1n) is 8.83. The highest BCUT2D eigenvalue weighted by Gasteiger charge is 2.12. The van der Waals surface area contributed by atoms with Gasteiger partial charge in [-0.1, -0.05) is 47.5 Å². The molecule has 0 aliphatic heterocycles. The smallest absolute Gasteiger partial charge is 0.231 e. The molecule has 1 N–H and O–H groups in total. The summed E-state index contributed by atoms with van der Waals surface area (Å²) in [5.41, 5.74) is 2.70. The maximum absolute atomic E-state index is 12.5. The molecule has 0 radical (unpaired) electrons. The normalized spacial score (nSPS) is 10.8. The minimum absolute atomic E-state index is 0.147. The quantitative estimate of drug-likeness (QED) is 0.426. The number of aromatic nitrogens is 3. The number of nitrogens with zero attached hydrogens (tertiary/aromatic N) is 3. The number of hydrogen-bond acceptors (Lipinski definition) is 4. The number of carbonyl (C=O) groups excluding carboxylic acids is 1. The average molecular weight is 443 g/mol. The van der Waals surface area contributed by atoms with E-state index in [1.807, 2.05) is 53.9 Å². The Morgan fingerprint density at radius 1 is 1.07 bits per heavy atom. The van der Waals surface area contributed by atoms with E-state index in [1.54, 1.807) is 16.9 Å². The molecule has 0 saturated heterocycles. The summed E-state index contributed by atoms with van der Waals surface area (Å²) in [7, 11) is 0. The zero-order valence-electron chi connectivity index (χ0n) is 15.2. The molecule has 0 unspecified atom stereocenters. The van der Waals surface area contributed by atoms with Crippen molar-refractivity contribution in [2.75, 3.05) is 5.32 Å². The van der Waals surface area contributed by atoms with Gasteiger partial charge in [-0.2, -0.15) is 5.10 Å². The van der Waals surface area contributed by atoms with Crippen molar-refractivity contribution in [2.24, 2.45) is 0 Å². The van der Waals surface area contributed by atoms with E-state index in [0.717, 1.165) is 16.1 Å². The van der Waals surface area contributed by atoms with Crippen LogP contribution in [0, 0.1) is 0 Å². The van der Waals surface area contributed by atoms with Gasteiger partial charge in [0.15, 0.2) is 0 Å². The first kappa shape index (κ1) is 19.6. The van der Waals surface area contributed by atoms with Crippen LogP contribution in [0.25, 0.3) is 10.6 Å². The highest BCUT2D eigenvalue weighted by Crippen LogP contribution is 2.26. The van der Waals surface area contributed by atoms with Crippen molar-refractivity contribution in [1.29, 1.82) is 0 Å². The molecule has 2 heterocycles. The van der Waals surface area contributed by atoms with Crippen molar-refractivity contribution in [3.8, 4) is 10.6 Å². The minimum atomic E-state index is -0.147.